The first-order valence-electron chi connectivity index (χ1n) is 8.86. The third kappa shape index (κ3) is 7.37. The monoisotopic (exact) mass is 348 g/mol. The van der Waals surface area contributed by atoms with Crippen molar-refractivity contribution in [2.75, 3.05) is 25.0 Å². The van der Waals surface area contributed by atoms with Crippen LogP contribution in [-0.4, -0.2) is 42.4 Å². The second-order valence-electron chi connectivity index (χ2n) is 5.72. The van der Waals surface area contributed by atoms with Gasteiger partial charge in [0.2, 0.25) is 5.91 Å². The van der Waals surface area contributed by atoms with E-state index in [0.29, 0.717) is 17.9 Å². The quantitative estimate of drug-likeness (QED) is 0.659. The zero-order chi connectivity index (χ0) is 18.7. The average molecular weight is 348 g/mol. The fraction of sp³-hybridized carbons (Fsp3) is 0.526. The highest BCUT2D eigenvalue weighted by molar-refractivity contribution is 5.96. The molecule has 0 saturated heterocycles. The molecular formula is C19H28N2O4. The van der Waals surface area contributed by atoms with E-state index in [2.05, 4.69) is 5.32 Å². The van der Waals surface area contributed by atoms with Crippen LogP contribution in [0.5, 0.6) is 0 Å². The molecule has 1 aromatic rings. The molecule has 0 atom stereocenters. The van der Waals surface area contributed by atoms with Gasteiger partial charge >= 0.3 is 5.97 Å². The first-order chi connectivity index (χ1) is 12.0. The van der Waals surface area contributed by atoms with Crippen molar-refractivity contribution in [3.8, 4) is 0 Å². The Morgan fingerprint density at radius 1 is 0.960 bits per heavy atom. The Hall–Kier alpha value is -2.37. The summed E-state index contributed by atoms with van der Waals surface area (Å²) in [7, 11) is 0. The highest BCUT2D eigenvalue weighted by atomic mass is 16.5. The van der Waals surface area contributed by atoms with Crippen LogP contribution in [0.15, 0.2) is 24.3 Å². The van der Waals surface area contributed by atoms with Crippen molar-refractivity contribution < 1.29 is 19.1 Å². The Morgan fingerprint density at radius 3 is 2.08 bits per heavy atom. The Balaban J connectivity index is 2.59. The molecule has 0 saturated carbocycles. The van der Waals surface area contributed by atoms with Gasteiger partial charge in [0.15, 0.2) is 0 Å². The molecule has 1 N–H and O–H groups in total. The lowest BCUT2D eigenvalue weighted by Gasteiger charge is -2.21. The highest BCUT2D eigenvalue weighted by Gasteiger charge is 2.14. The van der Waals surface area contributed by atoms with Gasteiger partial charge in [0.1, 0.15) is 0 Å². The molecule has 25 heavy (non-hydrogen) atoms. The van der Waals surface area contributed by atoms with E-state index < -0.39 is 0 Å². The van der Waals surface area contributed by atoms with Crippen molar-refractivity contribution in [2.45, 2.75) is 46.5 Å². The third-order valence-corrected chi connectivity index (χ3v) is 3.55. The number of hydrogen-bond donors (Lipinski definition) is 1. The normalized spacial score (nSPS) is 10.2. The summed E-state index contributed by atoms with van der Waals surface area (Å²) in [5.41, 5.74) is 1.20. The molecule has 6 nitrogen and oxygen atoms in total. The van der Waals surface area contributed by atoms with E-state index in [0.717, 1.165) is 25.9 Å². The number of ether oxygens (including phenoxy) is 1. The summed E-state index contributed by atoms with van der Waals surface area (Å²) < 4.78 is 4.79. The summed E-state index contributed by atoms with van der Waals surface area (Å²) in [6.45, 7) is 7.60. The van der Waals surface area contributed by atoms with Crippen LogP contribution in [0.2, 0.25) is 0 Å². The van der Waals surface area contributed by atoms with Crippen LogP contribution in [0.3, 0.4) is 0 Å². The largest absolute Gasteiger partial charge is 0.466 e. The van der Waals surface area contributed by atoms with E-state index in [1.165, 1.54) is 0 Å². The summed E-state index contributed by atoms with van der Waals surface area (Å²) in [5, 5.41) is 2.71. The van der Waals surface area contributed by atoms with Gasteiger partial charge in [-0.15, -0.1) is 0 Å². The fourth-order valence-corrected chi connectivity index (χ4v) is 2.41. The molecule has 6 heteroatoms. The maximum absolute atomic E-state index is 12.5. The number of carbonyl (C=O) groups is 3. The van der Waals surface area contributed by atoms with Gasteiger partial charge in [-0.2, -0.15) is 0 Å². The maximum atomic E-state index is 12.5. The van der Waals surface area contributed by atoms with Crippen molar-refractivity contribution >= 4 is 23.5 Å². The highest BCUT2D eigenvalue weighted by Crippen LogP contribution is 2.13. The van der Waals surface area contributed by atoms with E-state index in [9.17, 15) is 14.4 Å². The van der Waals surface area contributed by atoms with Crippen molar-refractivity contribution in [1.82, 2.24) is 4.90 Å². The Bertz CT molecular complexity index is 563. The van der Waals surface area contributed by atoms with E-state index >= 15 is 0 Å². The van der Waals surface area contributed by atoms with Gasteiger partial charge in [0, 0.05) is 30.8 Å². The van der Waals surface area contributed by atoms with Crippen LogP contribution < -0.4 is 5.32 Å². The summed E-state index contributed by atoms with van der Waals surface area (Å²) in [6.07, 6.45) is 1.96. The average Bonchev–Trinajstić information content (AvgIpc) is 2.60. The molecule has 0 heterocycles. The van der Waals surface area contributed by atoms with Crippen LogP contribution in [0.25, 0.3) is 0 Å². The van der Waals surface area contributed by atoms with Gasteiger partial charge in [-0.25, -0.2) is 0 Å². The number of hydrogen-bond acceptors (Lipinski definition) is 4. The van der Waals surface area contributed by atoms with Crippen molar-refractivity contribution in [3.63, 3.8) is 0 Å². The Morgan fingerprint density at radius 2 is 1.56 bits per heavy atom. The lowest BCUT2D eigenvalue weighted by atomic mass is 10.1. The number of esters is 1. The molecule has 2 amide bonds. The molecule has 1 rings (SSSR count). The molecule has 0 spiro atoms. The topological polar surface area (TPSA) is 75.7 Å². The molecule has 0 radical (unpaired) electrons. The van der Waals surface area contributed by atoms with Crippen molar-refractivity contribution in [3.05, 3.63) is 29.8 Å². The molecule has 0 aliphatic heterocycles. The van der Waals surface area contributed by atoms with Crippen molar-refractivity contribution in [2.24, 2.45) is 0 Å². The Labute approximate surface area is 149 Å². The predicted molar refractivity (Wildman–Crippen MR) is 97.4 cm³/mol. The van der Waals surface area contributed by atoms with Gasteiger partial charge < -0.3 is 15.0 Å². The van der Waals surface area contributed by atoms with Gasteiger partial charge in [-0.3, -0.25) is 14.4 Å². The van der Waals surface area contributed by atoms with Crippen LogP contribution in [-0.2, 0) is 14.3 Å². The summed E-state index contributed by atoms with van der Waals surface area (Å²) in [5.74, 6) is -0.639. The number of carbonyl (C=O) groups excluding carboxylic acids is 3. The minimum absolute atomic E-state index is 0.00360. The summed E-state index contributed by atoms with van der Waals surface area (Å²) in [6, 6.07) is 6.82. The lowest BCUT2D eigenvalue weighted by Crippen LogP contribution is -2.32. The van der Waals surface area contributed by atoms with Crippen LogP contribution in [0, 0.1) is 0 Å². The summed E-state index contributed by atoms with van der Waals surface area (Å²) >= 11 is 0. The van der Waals surface area contributed by atoms with Gasteiger partial charge in [-0.1, -0.05) is 13.8 Å². The molecule has 0 aromatic heterocycles. The zero-order valence-corrected chi connectivity index (χ0v) is 15.3. The minimum Gasteiger partial charge on any atom is -0.466 e. The van der Waals surface area contributed by atoms with E-state index in [-0.39, 0.29) is 30.6 Å². The smallest absolute Gasteiger partial charge is 0.306 e. The number of amides is 2. The van der Waals surface area contributed by atoms with Crippen LogP contribution in [0.4, 0.5) is 5.69 Å². The molecule has 0 bridgehead atoms. The molecule has 0 aliphatic carbocycles. The summed E-state index contributed by atoms with van der Waals surface area (Å²) in [4.78, 5) is 37.4. The number of benzene rings is 1. The van der Waals surface area contributed by atoms with E-state index in [4.69, 9.17) is 4.74 Å². The third-order valence-electron chi connectivity index (χ3n) is 3.55. The van der Waals surface area contributed by atoms with Gasteiger partial charge in [0.05, 0.1) is 13.0 Å². The SMILES string of the molecule is CCCN(CCC)C(=O)c1ccc(NC(=O)CCC(=O)OCC)cc1. The number of nitrogens with zero attached hydrogens (tertiary/aromatic N) is 1. The molecule has 0 unspecified atom stereocenters. The second kappa shape index (κ2) is 11.2. The number of nitrogens with one attached hydrogen (secondary N) is 1. The minimum atomic E-state index is -0.384. The van der Waals surface area contributed by atoms with Gasteiger partial charge in [-0.05, 0) is 44.0 Å². The number of anilines is 1. The standard InChI is InChI=1S/C19H28N2O4/c1-4-13-21(14-5-2)19(24)15-7-9-16(10-8-15)20-17(22)11-12-18(23)25-6-3/h7-10H,4-6,11-14H2,1-3H3,(H,20,22). The second-order valence-corrected chi connectivity index (χ2v) is 5.72. The van der Waals surface area contributed by atoms with Crippen molar-refractivity contribution in [1.29, 1.82) is 0 Å². The predicted octanol–water partition coefficient (Wildman–Crippen LogP) is 3.23. The Kier molecular flexibility index (Phi) is 9.29. The molecule has 138 valence electrons. The lowest BCUT2D eigenvalue weighted by molar-refractivity contribution is -0.144. The fourth-order valence-electron chi connectivity index (χ4n) is 2.41. The van der Waals surface area contributed by atoms with Crippen LogP contribution >= 0.6 is 0 Å². The van der Waals surface area contributed by atoms with Crippen LogP contribution in [0.1, 0.15) is 56.8 Å². The van der Waals surface area contributed by atoms with Gasteiger partial charge in [0.25, 0.3) is 5.91 Å². The molecule has 0 aliphatic rings. The zero-order valence-electron chi connectivity index (χ0n) is 15.3. The van der Waals surface area contributed by atoms with E-state index in [1.807, 2.05) is 18.7 Å². The van der Waals surface area contributed by atoms with E-state index in [1.54, 1.807) is 31.2 Å². The molecular weight excluding hydrogens is 320 g/mol. The maximum Gasteiger partial charge on any atom is 0.306 e. The molecule has 1 aromatic carbocycles. The first kappa shape index (κ1) is 20.7. The molecule has 0 fully saturated rings. The first-order valence-corrected chi connectivity index (χ1v) is 8.86. The number of rotatable bonds is 10.